The number of carbonyl (C=O) groups is 1. The van der Waals surface area contributed by atoms with Crippen molar-refractivity contribution in [3.8, 4) is 11.3 Å². The number of amidine groups is 1. The quantitative estimate of drug-likeness (QED) is 0.520. The zero-order valence-corrected chi connectivity index (χ0v) is 20.4. The molecule has 0 radical (unpaired) electrons. The van der Waals surface area contributed by atoms with Gasteiger partial charge in [-0.2, -0.15) is 10.1 Å². The van der Waals surface area contributed by atoms with Crippen LogP contribution in [0.25, 0.3) is 23.0 Å². The second kappa shape index (κ2) is 9.44. The Bertz CT molecular complexity index is 1300. The number of imidazole rings is 1. The third-order valence-electron chi connectivity index (χ3n) is 6.58. The number of hydrogen-bond donors (Lipinski definition) is 0. The van der Waals surface area contributed by atoms with E-state index in [0.717, 1.165) is 61.3 Å². The highest BCUT2D eigenvalue weighted by atomic mass is 32.2. The van der Waals surface area contributed by atoms with Crippen molar-refractivity contribution in [2.75, 3.05) is 64.4 Å². The van der Waals surface area contributed by atoms with Gasteiger partial charge in [0.2, 0.25) is 0 Å². The van der Waals surface area contributed by atoms with Crippen LogP contribution in [0.3, 0.4) is 0 Å². The molecule has 6 rings (SSSR count). The number of aliphatic imine (C=N–C) groups is 1. The summed E-state index contributed by atoms with van der Waals surface area (Å²) in [6, 6.07) is 12.4. The summed E-state index contributed by atoms with van der Waals surface area (Å²) in [6.07, 6.45) is 3.66. The number of carbonyl (C=O) groups excluding carboxylic acids is 1. The van der Waals surface area contributed by atoms with Gasteiger partial charge >= 0.3 is 0 Å². The molecule has 9 nitrogen and oxygen atoms in total. The van der Waals surface area contributed by atoms with Crippen LogP contribution in [0.5, 0.6) is 0 Å². The number of likely N-dealkylation sites (N-methyl/N-ethyl adjacent to an activating group) is 1. The lowest BCUT2D eigenvalue weighted by molar-refractivity contribution is -0.113. The SMILES string of the molecule is CN1CCN(c2ccc(-c3cnc4ccc(/C=C5\SC(N6CCOCC6)=NC5=O)nn34)cc2)CC1. The summed E-state index contributed by atoms with van der Waals surface area (Å²) in [5.41, 5.74) is 4.67. The third-order valence-corrected chi connectivity index (χ3v) is 7.63. The first-order valence-electron chi connectivity index (χ1n) is 11.9. The molecule has 5 heterocycles. The molecule has 0 unspecified atom stereocenters. The van der Waals surface area contributed by atoms with Crippen molar-refractivity contribution in [2.45, 2.75) is 0 Å². The smallest absolute Gasteiger partial charge is 0.286 e. The molecule has 2 aromatic heterocycles. The van der Waals surface area contributed by atoms with Gasteiger partial charge < -0.3 is 19.4 Å². The number of hydrogen-bond acceptors (Lipinski definition) is 8. The lowest BCUT2D eigenvalue weighted by atomic mass is 10.1. The second-order valence-electron chi connectivity index (χ2n) is 8.92. The van der Waals surface area contributed by atoms with Gasteiger partial charge in [-0.3, -0.25) is 4.79 Å². The van der Waals surface area contributed by atoms with E-state index in [0.29, 0.717) is 23.8 Å². The molecule has 35 heavy (non-hydrogen) atoms. The highest BCUT2D eigenvalue weighted by Gasteiger charge is 2.27. The van der Waals surface area contributed by atoms with Crippen molar-refractivity contribution in [3.63, 3.8) is 0 Å². The molecular weight excluding hydrogens is 462 g/mol. The molecule has 2 fully saturated rings. The summed E-state index contributed by atoms with van der Waals surface area (Å²) in [6.45, 7) is 7.06. The van der Waals surface area contributed by atoms with Crippen molar-refractivity contribution in [1.82, 2.24) is 24.4 Å². The minimum absolute atomic E-state index is 0.219. The maximum Gasteiger partial charge on any atom is 0.286 e. The van der Waals surface area contributed by atoms with E-state index >= 15 is 0 Å². The largest absolute Gasteiger partial charge is 0.378 e. The Balaban J connectivity index is 1.23. The van der Waals surface area contributed by atoms with Crippen LogP contribution in [0.15, 0.2) is 52.5 Å². The number of rotatable bonds is 3. The second-order valence-corrected chi connectivity index (χ2v) is 9.93. The fourth-order valence-electron chi connectivity index (χ4n) is 4.49. The molecule has 3 aliphatic rings. The van der Waals surface area contributed by atoms with Crippen LogP contribution in [0.4, 0.5) is 5.69 Å². The summed E-state index contributed by atoms with van der Waals surface area (Å²) in [4.78, 5) is 28.8. The van der Waals surface area contributed by atoms with Crippen LogP contribution in [-0.2, 0) is 9.53 Å². The molecule has 0 atom stereocenters. The number of fused-ring (bicyclic) bond motifs is 1. The average Bonchev–Trinajstić information content (AvgIpc) is 3.48. The van der Waals surface area contributed by atoms with Crippen LogP contribution < -0.4 is 4.90 Å². The number of aromatic nitrogens is 3. The van der Waals surface area contributed by atoms with E-state index in [-0.39, 0.29) is 5.91 Å². The average molecular weight is 490 g/mol. The Morgan fingerprint density at radius 3 is 2.49 bits per heavy atom. The topological polar surface area (TPSA) is 78.6 Å². The number of morpholine rings is 1. The van der Waals surface area contributed by atoms with Crippen molar-refractivity contribution >= 4 is 40.2 Å². The van der Waals surface area contributed by atoms with Crippen molar-refractivity contribution < 1.29 is 9.53 Å². The fourth-order valence-corrected chi connectivity index (χ4v) is 5.44. The van der Waals surface area contributed by atoms with E-state index in [1.54, 1.807) is 0 Å². The number of anilines is 1. The third kappa shape index (κ3) is 4.56. The standard InChI is InChI=1S/C25H27N7O2S/c1-29-8-10-30(11-9-29)20-5-2-18(3-6-20)21-17-26-23-7-4-19(28-32(21)23)16-22-24(33)27-25(35-22)31-12-14-34-15-13-31/h2-7,16-17H,8-15H2,1H3/b22-16-. The minimum atomic E-state index is -0.219. The van der Waals surface area contributed by atoms with Gasteiger partial charge in [0.1, 0.15) is 0 Å². The van der Waals surface area contributed by atoms with E-state index < -0.39 is 0 Å². The molecule has 180 valence electrons. The normalized spacial score (nSPS) is 20.8. The lowest BCUT2D eigenvalue weighted by Gasteiger charge is -2.34. The fraction of sp³-hybridized carbons (Fsp3) is 0.360. The van der Waals surface area contributed by atoms with Gasteiger partial charge in [0.15, 0.2) is 10.8 Å². The summed E-state index contributed by atoms with van der Waals surface area (Å²) >= 11 is 1.40. The van der Waals surface area contributed by atoms with Crippen LogP contribution in [-0.4, -0.2) is 95.0 Å². The zero-order chi connectivity index (χ0) is 23.8. The van der Waals surface area contributed by atoms with Crippen LogP contribution in [0, 0.1) is 0 Å². The first-order chi connectivity index (χ1) is 17.1. The molecule has 2 saturated heterocycles. The van der Waals surface area contributed by atoms with Gasteiger partial charge in [0.05, 0.1) is 35.7 Å². The molecule has 3 aromatic rings. The Labute approximate surface area is 208 Å². The molecular formula is C25H27N7O2S. The molecule has 0 saturated carbocycles. The number of amides is 1. The predicted octanol–water partition coefficient (Wildman–Crippen LogP) is 2.45. The van der Waals surface area contributed by atoms with E-state index in [9.17, 15) is 4.79 Å². The first-order valence-corrected chi connectivity index (χ1v) is 12.7. The molecule has 1 amide bonds. The van der Waals surface area contributed by atoms with E-state index in [1.165, 1.54) is 17.4 Å². The molecule has 0 aliphatic carbocycles. The number of nitrogens with zero attached hydrogens (tertiary/aromatic N) is 7. The van der Waals surface area contributed by atoms with Crippen molar-refractivity contribution in [2.24, 2.45) is 4.99 Å². The first kappa shape index (κ1) is 22.3. The monoisotopic (exact) mass is 489 g/mol. The van der Waals surface area contributed by atoms with E-state index in [4.69, 9.17) is 9.84 Å². The highest BCUT2D eigenvalue weighted by molar-refractivity contribution is 8.18. The number of piperazine rings is 1. The summed E-state index contributed by atoms with van der Waals surface area (Å²) < 4.78 is 7.24. The summed E-state index contributed by atoms with van der Waals surface area (Å²) in [5.74, 6) is -0.219. The molecule has 0 N–H and O–H groups in total. The maximum atomic E-state index is 12.5. The van der Waals surface area contributed by atoms with Crippen LogP contribution in [0.1, 0.15) is 5.69 Å². The van der Waals surface area contributed by atoms with Crippen molar-refractivity contribution in [3.05, 3.63) is 53.2 Å². The van der Waals surface area contributed by atoms with Crippen LogP contribution >= 0.6 is 11.8 Å². The van der Waals surface area contributed by atoms with Gasteiger partial charge in [-0.1, -0.05) is 12.1 Å². The van der Waals surface area contributed by atoms with Crippen molar-refractivity contribution in [1.29, 1.82) is 0 Å². The predicted molar refractivity (Wildman–Crippen MR) is 139 cm³/mol. The molecule has 10 heteroatoms. The van der Waals surface area contributed by atoms with Gasteiger partial charge in [-0.15, -0.1) is 0 Å². The molecule has 0 spiro atoms. The van der Waals surface area contributed by atoms with E-state index in [1.807, 2.05) is 28.9 Å². The number of benzene rings is 1. The summed E-state index contributed by atoms with van der Waals surface area (Å²) in [7, 11) is 2.17. The van der Waals surface area contributed by atoms with Crippen LogP contribution in [0.2, 0.25) is 0 Å². The van der Waals surface area contributed by atoms with Gasteiger partial charge in [0, 0.05) is 50.5 Å². The Kier molecular flexibility index (Phi) is 6.01. The van der Waals surface area contributed by atoms with Gasteiger partial charge in [-0.05, 0) is 49.2 Å². The number of thioether (sulfide) groups is 1. The lowest BCUT2D eigenvalue weighted by Crippen LogP contribution is -2.44. The Hall–Kier alpha value is -3.21. The molecule has 0 bridgehead atoms. The maximum absolute atomic E-state index is 12.5. The molecule has 3 aliphatic heterocycles. The zero-order valence-electron chi connectivity index (χ0n) is 19.6. The Morgan fingerprint density at radius 1 is 0.943 bits per heavy atom. The van der Waals surface area contributed by atoms with E-state index in [2.05, 4.69) is 56.0 Å². The molecule has 1 aromatic carbocycles. The van der Waals surface area contributed by atoms with Gasteiger partial charge in [-0.25, -0.2) is 9.50 Å². The minimum Gasteiger partial charge on any atom is -0.378 e. The number of ether oxygens (including phenoxy) is 1. The van der Waals surface area contributed by atoms with Gasteiger partial charge in [0.25, 0.3) is 5.91 Å². The Morgan fingerprint density at radius 2 is 1.71 bits per heavy atom. The highest BCUT2D eigenvalue weighted by Crippen LogP contribution is 2.31. The summed E-state index contributed by atoms with van der Waals surface area (Å²) in [5, 5.41) is 5.52.